The lowest BCUT2D eigenvalue weighted by Crippen LogP contribution is -2.35. The molecule has 0 heterocycles. The monoisotopic (exact) mass is 314 g/mol. The molecule has 3 rings (SSSR count). The standard InChI is InChI=1S/C21H18N2O/c1-17(22-19-13-7-3-8-14-19)23(20-15-9-4-10-16-20)21(24)18-11-5-2-6-12-18/h2-16H,1H3. The lowest BCUT2D eigenvalue weighted by molar-refractivity contribution is 0.100. The summed E-state index contributed by atoms with van der Waals surface area (Å²) >= 11 is 0. The average Bonchev–Trinajstić information content (AvgIpc) is 2.64. The molecule has 0 aliphatic rings. The van der Waals surface area contributed by atoms with E-state index in [-0.39, 0.29) is 5.91 Å². The Morgan fingerprint density at radius 3 is 1.83 bits per heavy atom. The van der Waals surface area contributed by atoms with Gasteiger partial charge < -0.3 is 0 Å². The maximum atomic E-state index is 13.0. The zero-order valence-corrected chi connectivity index (χ0v) is 13.5. The molecule has 3 nitrogen and oxygen atoms in total. The van der Waals surface area contributed by atoms with E-state index >= 15 is 0 Å². The van der Waals surface area contributed by atoms with Gasteiger partial charge >= 0.3 is 0 Å². The van der Waals surface area contributed by atoms with Crippen LogP contribution in [0.15, 0.2) is 96.0 Å². The van der Waals surface area contributed by atoms with Gasteiger partial charge in [-0.2, -0.15) is 0 Å². The van der Waals surface area contributed by atoms with Gasteiger partial charge in [0.2, 0.25) is 0 Å². The Labute approximate surface area is 141 Å². The van der Waals surface area contributed by atoms with Crippen molar-refractivity contribution in [2.45, 2.75) is 6.92 Å². The molecule has 0 bridgehead atoms. The van der Waals surface area contributed by atoms with Crippen LogP contribution in [0, 0.1) is 0 Å². The summed E-state index contributed by atoms with van der Waals surface area (Å²) in [5, 5.41) is 0. The molecule has 0 aliphatic heterocycles. The number of hydrogen-bond acceptors (Lipinski definition) is 2. The van der Waals surface area contributed by atoms with Crippen LogP contribution in [0.5, 0.6) is 0 Å². The Bertz CT molecular complexity index is 827. The van der Waals surface area contributed by atoms with E-state index in [2.05, 4.69) is 4.99 Å². The van der Waals surface area contributed by atoms with Gasteiger partial charge in [0.05, 0.1) is 11.4 Å². The number of benzene rings is 3. The molecule has 0 unspecified atom stereocenters. The largest absolute Gasteiger partial charge is 0.268 e. The number of para-hydroxylation sites is 2. The fraction of sp³-hybridized carbons (Fsp3) is 0.0476. The lowest BCUT2D eigenvalue weighted by atomic mass is 10.1. The second-order valence-electron chi connectivity index (χ2n) is 5.34. The van der Waals surface area contributed by atoms with Crippen LogP contribution >= 0.6 is 0 Å². The molecule has 0 atom stereocenters. The van der Waals surface area contributed by atoms with Gasteiger partial charge in [0, 0.05) is 5.56 Å². The number of hydrogen-bond donors (Lipinski definition) is 0. The van der Waals surface area contributed by atoms with Crippen LogP contribution in [0.25, 0.3) is 0 Å². The third-order valence-electron chi connectivity index (χ3n) is 3.61. The van der Waals surface area contributed by atoms with Crippen molar-refractivity contribution in [3.63, 3.8) is 0 Å². The topological polar surface area (TPSA) is 32.7 Å². The smallest absolute Gasteiger partial charge is 0.263 e. The molecule has 0 aromatic heterocycles. The van der Waals surface area contributed by atoms with E-state index in [4.69, 9.17) is 0 Å². The van der Waals surface area contributed by atoms with Gasteiger partial charge in [-0.25, -0.2) is 4.99 Å². The Kier molecular flexibility index (Phi) is 4.82. The summed E-state index contributed by atoms with van der Waals surface area (Å²) in [6, 6.07) is 28.4. The first-order valence-electron chi connectivity index (χ1n) is 7.80. The summed E-state index contributed by atoms with van der Waals surface area (Å²) in [7, 11) is 0. The first kappa shape index (κ1) is 15.7. The molecule has 3 aromatic rings. The fourth-order valence-corrected chi connectivity index (χ4v) is 2.48. The van der Waals surface area contributed by atoms with Crippen molar-refractivity contribution in [3.05, 3.63) is 96.6 Å². The highest BCUT2D eigenvalue weighted by atomic mass is 16.2. The average molecular weight is 314 g/mol. The number of nitrogens with zero attached hydrogens (tertiary/aromatic N) is 2. The van der Waals surface area contributed by atoms with Gasteiger partial charge in [-0.3, -0.25) is 9.69 Å². The van der Waals surface area contributed by atoms with Crippen LogP contribution in [0.1, 0.15) is 17.3 Å². The van der Waals surface area contributed by atoms with E-state index in [9.17, 15) is 4.79 Å². The summed E-state index contributed by atoms with van der Waals surface area (Å²) in [4.78, 5) is 19.3. The van der Waals surface area contributed by atoms with E-state index in [1.165, 1.54) is 0 Å². The molecule has 3 heteroatoms. The van der Waals surface area contributed by atoms with Crippen LogP contribution in [-0.2, 0) is 0 Å². The predicted octanol–water partition coefficient (Wildman–Crippen LogP) is 5.08. The van der Waals surface area contributed by atoms with E-state index < -0.39 is 0 Å². The molecule has 1 amide bonds. The van der Waals surface area contributed by atoms with Crippen molar-refractivity contribution in [1.29, 1.82) is 0 Å². The Balaban J connectivity index is 2.03. The van der Waals surface area contributed by atoms with Crippen molar-refractivity contribution >= 4 is 23.1 Å². The number of aliphatic imine (C=N–C) groups is 1. The maximum Gasteiger partial charge on any atom is 0.263 e. The highest BCUT2D eigenvalue weighted by Crippen LogP contribution is 2.20. The highest BCUT2D eigenvalue weighted by Gasteiger charge is 2.20. The summed E-state index contributed by atoms with van der Waals surface area (Å²) in [6.45, 7) is 1.85. The predicted molar refractivity (Wildman–Crippen MR) is 98.9 cm³/mol. The van der Waals surface area contributed by atoms with Crippen molar-refractivity contribution in [2.24, 2.45) is 4.99 Å². The Morgan fingerprint density at radius 1 is 0.750 bits per heavy atom. The van der Waals surface area contributed by atoms with E-state index in [1.807, 2.05) is 97.9 Å². The summed E-state index contributed by atoms with van der Waals surface area (Å²) in [5.74, 6) is 0.528. The van der Waals surface area contributed by atoms with Crippen molar-refractivity contribution in [3.8, 4) is 0 Å². The second-order valence-corrected chi connectivity index (χ2v) is 5.34. The van der Waals surface area contributed by atoms with E-state index in [0.29, 0.717) is 11.4 Å². The fourth-order valence-electron chi connectivity index (χ4n) is 2.48. The Hall–Kier alpha value is -3.20. The molecular formula is C21H18N2O. The molecule has 118 valence electrons. The SMILES string of the molecule is CC(=Nc1ccccc1)N(C(=O)c1ccccc1)c1ccccc1. The van der Waals surface area contributed by atoms with Crippen LogP contribution in [0.2, 0.25) is 0 Å². The van der Waals surface area contributed by atoms with Crippen molar-refractivity contribution < 1.29 is 4.79 Å². The third-order valence-corrected chi connectivity index (χ3v) is 3.61. The van der Waals surface area contributed by atoms with Gasteiger partial charge in [-0.1, -0.05) is 54.6 Å². The summed E-state index contributed by atoms with van der Waals surface area (Å²) in [6.07, 6.45) is 0. The van der Waals surface area contributed by atoms with E-state index in [0.717, 1.165) is 11.4 Å². The minimum Gasteiger partial charge on any atom is -0.268 e. The maximum absolute atomic E-state index is 13.0. The van der Waals surface area contributed by atoms with Crippen LogP contribution < -0.4 is 4.90 Å². The summed E-state index contributed by atoms with van der Waals surface area (Å²) in [5.41, 5.74) is 2.24. The van der Waals surface area contributed by atoms with Crippen LogP contribution in [0.4, 0.5) is 11.4 Å². The molecule has 0 fully saturated rings. The number of carbonyl (C=O) groups excluding carboxylic acids is 1. The van der Waals surface area contributed by atoms with E-state index in [1.54, 1.807) is 4.90 Å². The highest BCUT2D eigenvalue weighted by molar-refractivity contribution is 6.22. The van der Waals surface area contributed by atoms with Gasteiger partial charge in [-0.05, 0) is 43.3 Å². The first-order valence-corrected chi connectivity index (χ1v) is 7.80. The lowest BCUT2D eigenvalue weighted by Gasteiger charge is -2.22. The minimum absolute atomic E-state index is 0.0982. The van der Waals surface area contributed by atoms with Gasteiger partial charge in [0.25, 0.3) is 5.91 Å². The number of rotatable bonds is 3. The molecule has 0 spiro atoms. The molecule has 0 N–H and O–H groups in total. The molecule has 24 heavy (non-hydrogen) atoms. The molecule has 0 radical (unpaired) electrons. The van der Waals surface area contributed by atoms with Crippen molar-refractivity contribution in [1.82, 2.24) is 0 Å². The first-order chi connectivity index (χ1) is 11.8. The zero-order valence-electron chi connectivity index (χ0n) is 13.5. The molecule has 3 aromatic carbocycles. The normalized spacial score (nSPS) is 11.1. The van der Waals surface area contributed by atoms with Gasteiger partial charge in [-0.15, -0.1) is 0 Å². The molecule has 0 saturated carbocycles. The number of carbonyl (C=O) groups is 1. The van der Waals surface area contributed by atoms with Crippen LogP contribution in [-0.4, -0.2) is 11.7 Å². The molecule has 0 saturated heterocycles. The third kappa shape index (κ3) is 3.58. The summed E-state index contributed by atoms with van der Waals surface area (Å²) < 4.78 is 0. The zero-order chi connectivity index (χ0) is 16.8. The number of amides is 1. The van der Waals surface area contributed by atoms with Crippen LogP contribution in [0.3, 0.4) is 0 Å². The van der Waals surface area contributed by atoms with Gasteiger partial charge in [0.15, 0.2) is 0 Å². The molecule has 0 aliphatic carbocycles. The number of amidine groups is 1. The quantitative estimate of drug-likeness (QED) is 0.490. The number of anilines is 1. The Morgan fingerprint density at radius 2 is 1.25 bits per heavy atom. The minimum atomic E-state index is -0.0982. The molecular weight excluding hydrogens is 296 g/mol. The van der Waals surface area contributed by atoms with Gasteiger partial charge in [0.1, 0.15) is 5.84 Å². The van der Waals surface area contributed by atoms with Crippen molar-refractivity contribution in [2.75, 3.05) is 4.90 Å². The second kappa shape index (κ2) is 7.38.